The lowest BCUT2D eigenvalue weighted by Crippen LogP contribution is -2.35. The fraction of sp³-hybridized carbons (Fsp3) is 0.304. The number of rotatable bonds is 5. The summed E-state index contributed by atoms with van der Waals surface area (Å²) >= 11 is 10.9. The number of benzene rings is 1. The molecule has 32 heavy (non-hydrogen) atoms. The van der Waals surface area contributed by atoms with Gasteiger partial charge >= 0.3 is 0 Å². The predicted octanol–water partition coefficient (Wildman–Crippen LogP) is 7.11. The summed E-state index contributed by atoms with van der Waals surface area (Å²) < 4.78 is 1.88. The molecule has 0 saturated heterocycles. The van der Waals surface area contributed by atoms with Gasteiger partial charge in [0.2, 0.25) is 5.91 Å². The molecule has 1 aromatic carbocycles. The van der Waals surface area contributed by atoms with Crippen molar-refractivity contribution in [3.05, 3.63) is 56.1 Å². The lowest BCUT2D eigenvalue weighted by molar-refractivity contribution is -0.115. The minimum Gasteiger partial charge on any atom is -0.317 e. The van der Waals surface area contributed by atoms with Crippen LogP contribution in [0.15, 0.2) is 36.4 Å². The van der Waals surface area contributed by atoms with E-state index in [0.29, 0.717) is 16.8 Å². The van der Waals surface area contributed by atoms with E-state index in [0.717, 1.165) is 45.5 Å². The Hall–Kier alpha value is -1.48. The Labute approximate surface area is 210 Å². The molecule has 9 heteroatoms. The molecule has 168 valence electrons. The summed E-state index contributed by atoms with van der Waals surface area (Å²) in [7, 11) is 0. The van der Waals surface area contributed by atoms with Crippen molar-refractivity contribution in [1.82, 2.24) is 9.88 Å². The van der Waals surface area contributed by atoms with Gasteiger partial charge in [0, 0.05) is 34.4 Å². The molecule has 4 aromatic rings. The third kappa shape index (κ3) is 4.74. The second kappa shape index (κ2) is 9.79. The number of hydrogen-bond acceptors (Lipinski definition) is 6. The number of anilines is 1. The molecule has 1 aliphatic heterocycles. The number of fused-ring (bicyclic) bond motifs is 2. The van der Waals surface area contributed by atoms with Crippen LogP contribution in [0.25, 0.3) is 20.8 Å². The standard InChI is InChI=1S/C23H22ClN3OS3.ClH/c1-13(2)27-10-9-15-18(12-27)31-23(26-20(28)11-14-7-8-19(24)29-14)21(15)22-25-16-5-3-4-6-17(16)30-22;/h3-8,13H,9-12H2,1-2H3,(H,26,28);1H. The van der Waals surface area contributed by atoms with E-state index in [9.17, 15) is 4.79 Å². The van der Waals surface area contributed by atoms with E-state index >= 15 is 0 Å². The van der Waals surface area contributed by atoms with Gasteiger partial charge < -0.3 is 5.32 Å². The van der Waals surface area contributed by atoms with Crippen molar-refractivity contribution in [3.63, 3.8) is 0 Å². The molecule has 0 spiro atoms. The Morgan fingerprint density at radius 2 is 2.00 bits per heavy atom. The number of carbonyl (C=O) groups is 1. The van der Waals surface area contributed by atoms with Crippen LogP contribution in [0.4, 0.5) is 5.00 Å². The van der Waals surface area contributed by atoms with Gasteiger partial charge in [0.25, 0.3) is 0 Å². The van der Waals surface area contributed by atoms with Crippen molar-refractivity contribution in [1.29, 1.82) is 0 Å². The zero-order valence-corrected chi connectivity index (χ0v) is 21.7. The van der Waals surface area contributed by atoms with Gasteiger partial charge in [-0.15, -0.1) is 46.4 Å². The predicted molar refractivity (Wildman–Crippen MR) is 141 cm³/mol. The highest BCUT2D eigenvalue weighted by Gasteiger charge is 2.28. The van der Waals surface area contributed by atoms with Crippen LogP contribution in [0.3, 0.4) is 0 Å². The number of thiazole rings is 1. The first kappa shape index (κ1) is 23.7. The number of carbonyl (C=O) groups excluding carboxylic acids is 1. The Morgan fingerprint density at radius 1 is 1.19 bits per heavy atom. The summed E-state index contributed by atoms with van der Waals surface area (Å²) in [4.78, 5) is 22.6. The summed E-state index contributed by atoms with van der Waals surface area (Å²) in [5, 5.41) is 5.11. The highest BCUT2D eigenvalue weighted by Crippen LogP contribution is 2.46. The number of halogens is 2. The van der Waals surface area contributed by atoms with Gasteiger partial charge in [0.05, 0.1) is 21.0 Å². The lowest BCUT2D eigenvalue weighted by atomic mass is 10.0. The molecule has 1 aliphatic rings. The maximum absolute atomic E-state index is 12.9. The number of aromatic nitrogens is 1. The second-order valence-electron chi connectivity index (χ2n) is 7.94. The van der Waals surface area contributed by atoms with Crippen molar-refractivity contribution in [3.8, 4) is 10.6 Å². The summed E-state index contributed by atoms with van der Waals surface area (Å²) in [6, 6.07) is 12.5. The van der Waals surface area contributed by atoms with Gasteiger partial charge in [0.1, 0.15) is 10.0 Å². The zero-order chi connectivity index (χ0) is 21.5. The summed E-state index contributed by atoms with van der Waals surface area (Å²) in [6.07, 6.45) is 1.31. The van der Waals surface area contributed by atoms with Crippen molar-refractivity contribution in [2.75, 3.05) is 11.9 Å². The maximum atomic E-state index is 12.9. The third-order valence-corrected chi connectivity index (χ3v) is 8.96. The molecule has 4 heterocycles. The molecule has 5 rings (SSSR count). The van der Waals surface area contributed by atoms with Crippen LogP contribution in [-0.2, 0) is 24.2 Å². The van der Waals surface area contributed by atoms with E-state index in [1.807, 2.05) is 30.3 Å². The summed E-state index contributed by atoms with van der Waals surface area (Å²) in [5.74, 6) is -0.0137. The molecule has 0 fully saturated rings. The Balaban J connectivity index is 0.00000245. The van der Waals surface area contributed by atoms with E-state index < -0.39 is 0 Å². The molecule has 0 unspecified atom stereocenters. The van der Waals surface area contributed by atoms with Gasteiger partial charge in [-0.3, -0.25) is 9.69 Å². The molecule has 1 amide bonds. The molecule has 0 radical (unpaired) electrons. The van der Waals surface area contributed by atoms with Crippen molar-refractivity contribution in [2.45, 2.75) is 39.3 Å². The summed E-state index contributed by atoms with van der Waals surface area (Å²) in [5.41, 5.74) is 3.46. The molecular weight excluding hydrogens is 501 g/mol. The SMILES string of the molecule is CC(C)N1CCc2c(sc(NC(=O)Cc3ccc(Cl)s3)c2-c2nc3ccccc3s2)C1.Cl. The van der Waals surface area contributed by atoms with Gasteiger partial charge in [-0.05, 0) is 50.1 Å². The summed E-state index contributed by atoms with van der Waals surface area (Å²) in [6.45, 7) is 6.43. The van der Waals surface area contributed by atoms with E-state index in [1.165, 1.54) is 26.5 Å². The highest BCUT2D eigenvalue weighted by atomic mass is 35.5. The molecule has 1 N–H and O–H groups in total. The Morgan fingerprint density at radius 3 is 2.72 bits per heavy atom. The molecule has 4 nitrogen and oxygen atoms in total. The quantitative estimate of drug-likeness (QED) is 0.303. The minimum absolute atomic E-state index is 0. The van der Waals surface area contributed by atoms with E-state index in [1.54, 1.807) is 22.7 Å². The number of hydrogen-bond donors (Lipinski definition) is 1. The number of nitrogens with one attached hydrogen (secondary N) is 1. The molecule has 0 aliphatic carbocycles. The van der Waals surface area contributed by atoms with Crippen LogP contribution in [0.5, 0.6) is 0 Å². The van der Waals surface area contributed by atoms with Crippen LogP contribution in [-0.4, -0.2) is 28.4 Å². The fourth-order valence-electron chi connectivity index (χ4n) is 3.93. The van der Waals surface area contributed by atoms with Crippen molar-refractivity contribution in [2.24, 2.45) is 0 Å². The minimum atomic E-state index is -0.0137. The molecular formula is C23H23Cl2N3OS3. The molecule has 0 atom stereocenters. The Bertz CT molecular complexity index is 1230. The number of thiophene rings is 2. The Kier molecular flexibility index (Phi) is 7.24. The van der Waals surface area contributed by atoms with Crippen LogP contribution < -0.4 is 5.32 Å². The third-order valence-electron chi connectivity index (χ3n) is 5.54. The van der Waals surface area contributed by atoms with Crippen LogP contribution in [0.1, 0.15) is 29.2 Å². The van der Waals surface area contributed by atoms with Crippen molar-refractivity contribution < 1.29 is 4.79 Å². The van der Waals surface area contributed by atoms with Crippen LogP contribution in [0.2, 0.25) is 4.34 Å². The van der Waals surface area contributed by atoms with Crippen molar-refractivity contribution >= 4 is 79.1 Å². The van der Waals surface area contributed by atoms with Crippen LogP contribution >= 0.6 is 58.0 Å². The second-order valence-corrected chi connectivity index (χ2v) is 11.9. The van der Waals surface area contributed by atoms with E-state index in [-0.39, 0.29) is 18.3 Å². The number of nitrogens with zero attached hydrogens (tertiary/aromatic N) is 2. The number of amides is 1. The zero-order valence-electron chi connectivity index (χ0n) is 17.7. The molecule has 0 saturated carbocycles. The fourth-order valence-corrected chi connectivity index (χ4v) is 7.42. The molecule has 0 bridgehead atoms. The van der Waals surface area contributed by atoms with Gasteiger partial charge in [-0.25, -0.2) is 4.98 Å². The largest absolute Gasteiger partial charge is 0.317 e. The first-order chi connectivity index (χ1) is 15.0. The average molecular weight is 525 g/mol. The topological polar surface area (TPSA) is 45.2 Å². The first-order valence-corrected chi connectivity index (χ1v) is 13.1. The number of para-hydroxylation sites is 1. The monoisotopic (exact) mass is 523 g/mol. The van der Waals surface area contributed by atoms with Gasteiger partial charge in [0.15, 0.2) is 0 Å². The van der Waals surface area contributed by atoms with Gasteiger partial charge in [-0.2, -0.15) is 0 Å². The maximum Gasteiger partial charge on any atom is 0.230 e. The van der Waals surface area contributed by atoms with Gasteiger partial charge in [-0.1, -0.05) is 23.7 Å². The lowest BCUT2D eigenvalue weighted by Gasteiger charge is -2.30. The highest BCUT2D eigenvalue weighted by molar-refractivity contribution is 7.23. The van der Waals surface area contributed by atoms with E-state index in [4.69, 9.17) is 16.6 Å². The smallest absolute Gasteiger partial charge is 0.230 e. The normalized spacial score (nSPS) is 13.9. The molecule has 3 aromatic heterocycles. The van der Waals surface area contributed by atoms with E-state index in [2.05, 4.69) is 30.1 Å². The first-order valence-electron chi connectivity index (χ1n) is 10.3. The average Bonchev–Trinajstić information content (AvgIpc) is 3.42. The van der Waals surface area contributed by atoms with Crippen LogP contribution in [0, 0.1) is 0 Å².